The van der Waals surface area contributed by atoms with Crippen molar-refractivity contribution >= 4 is 22.4 Å². The van der Waals surface area contributed by atoms with Crippen LogP contribution in [0.5, 0.6) is 0 Å². The number of morpholine rings is 1. The van der Waals surface area contributed by atoms with Gasteiger partial charge in [0.05, 0.1) is 18.5 Å². The molecule has 0 saturated carbocycles. The second-order valence-electron chi connectivity index (χ2n) is 6.92. The number of nitrogens with zero attached hydrogens (tertiary/aromatic N) is 1. The lowest BCUT2D eigenvalue weighted by Gasteiger charge is -2.35. The van der Waals surface area contributed by atoms with Crippen LogP contribution >= 0.6 is 0 Å². The summed E-state index contributed by atoms with van der Waals surface area (Å²) in [5, 5.41) is 14.8. The zero-order valence-electron chi connectivity index (χ0n) is 15.6. The molecule has 9 nitrogen and oxygen atoms in total. The number of amides is 1. The number of nitrogens with one attached hydrogen (secondary N) is 1. The maximum atomic E-state index is 12.0. The normalized spacial score (nSPS) is 24.5. The number of hydrogen-bond acceptors (Lipinski definition) is 6. The van der Waals surface area contributed by atoms with E-state index in [-0.39, 0.29) is 43.1 Å². The average Bonchev–Trinajstić information content (AvgIpc) is 3.03. The van der Waals surface area contributed by atoms with Crippen LogP contribution in [0.4, 0.5) is 0 Å². The van der Waals surface area contributed by atoms with Crippen LogP contribution in [-0.4, -0.2) is 68.3 Å². The molecule has 0 spiro atoms. The van der Waals surface area contributed by atoms with Gasteiger partial charge in [0.15, 0.2) is 0 Å². The van der Waals surface area contributed by atoms with Gasteiger partial charge in [-0.2, -0.15) is 0 Å². The Hall–Kier alpha value is -2.01. The van der Waals surface area contributed by atoms with Crippen molar-refractivity contribution in [3.05, 3.63) is 35.9 Å². The number of carbonyl (C=O) groups is 2. The lowest BCUT2D eigenvalue weighted by molar-refractivity contribution is -0.123. The number of hydrogen-bond donors (Lipinski definition) is 3. The van der Waals surface area contributed by atoms with Crippen LogP contribution in [0.1, 0.15) is 30.9 Å². The fraction of sp³-hybridized carbons (Fsp3) is 0.556. The van der Waals surface area contributed by atoms with Crippen LogP contribution in [0.15, 0.2) is 30.3 Å². The Morgan fingerprint density at radius 3 is 2.64 bits per heavy atom. The van der Waals surface area contributed by atoms with Crippen molar-refractivity contribution in [3.8, 4) is 0 Å². The third-order valence-electron chi connectivity index (χ3n) is 4.79. The van der Waals surface area contributed by atoms with Gasteiger partial charge in [-0.25, -0.2) is 13.6 Å². The van der Waals surface area contributed by atoms with E-state index in [0.717, 1.165) is 19.5 Å². The number of nitrogens with two attached hydrogens (primary N) is 1. The van der Waals surface area contributed by atoms with Crippen LogP contribution in [-0.2, 0) is 24.3 Å². The first-order valence-electron chi connectivity index (χ1n) is 9.10. The highest BCUT2D eigenvalue weighted by molar-refractivity contribution is 7.89. The fourth-order valence-corrected chi connectivity index (χ4v) is 4.13. The Morgan fingerprint density at radius 1 is 1.32 bits per heavy atom. The van der Waals surface area contributed by atoms with E-state index in [2.05, 4.69) is 22.3 Å². The molecule has 0 bridgehead atoms. The van der Waals surface area contributed by atoms with Crippen molar-refractivity contribution in [3.63, 3.8) is 0 Å². The quantitative estimate of drug-likeness (QED) is 0.562. The smallest absolute Gasteiger partial charge is 0.290 e. The molecular formula is C18H27N3O6S. The molecule has 2 heterocycles. The van der Waals surface area contributed by atoms with Crippen molar-refractivity contribution in [2.45, 2.75) is 37.5 Å². The van der Waals surface area contributed by atoms with E-state index in [1.54, 1.807) is 0 Å². The molecule has 2 saturated heterocycles. The Kier molecular flexibility index (Phi) is 8.36. The van der Waals surface area contributed by atoms with Crippen molar-refractivity contribution in [1.82, 2.24) is 10.2 Å². The molecule has 2 fully saturated rings. The minimum Gasteiger partial charge on any atom is -0.483 e. The zero-order chi connectivity index (χ0) is 20.6. The fourth-order valence-electron chi connectivity index (χ4n) is 3.58. The van der Waals surface area contributed by atoms with E-state index in [1.165, 1.54) is 5.56 Å². The minimum atomic E-state index is -3.50. The van der Waals surface area contributed by atoms with Gasteiger partial charge in [-0.05, 0) is 18.4 Å². The van der Waals surface area contributed by atoms with Gasteiger partial charge in [-0.15, -0.1) is 0 Å². The number of rotatable bonds is 6. The Bertz CT molecular complexity index is 743. The summed E-state index contributed by atoms with van der Waals surface area (Å²) >= 11 is 0. The van der Waals surface area contributed by atoms with Crippen molar-refractivity contribution in [1.29, 1.82) is 0 Å². The average molecular weight is 413 g/mol. The summed E-state index contributed by atoms with van der Waals surface area (Å²) in [6.07, 6.45) is 1.37. The molecule has 28 heavy (non-hydrogen) atoms. The Labute approximate surface area is 164 Å². The van der Waals surface area contributed by atoms with Crippen LogP contribution in [0.25, 0.3) is 0 Å². The highest BCUT2D eigenvalue weighted by atomic mass is 32.2. The first-order valence-corrected chi connectivity index (χ1v) is 10.8. The summed E-state index contributed by atoms with van der Waals surface area (Å²) in [6.45, 7) is 2.04. The standard InChI is InChI=1S/C17H25N3O4S.CH2O2/c18-25(22,23)8-4-7-17(21)19-14-9-15-12-24-16(11-20(15)10-14)13-5-2-1-3-6-13;2-1-3/h1-3,5-6,14-16H,4,7-12H2,(H,19,21)(H2,18,22,23);1H,(H,2,3)/t14-,15-,16+;/m0./s1. The van der Waals surface area contributed by atoms with Gasteiger partial charge in [-0.1, -0.05) is 30.3 Å². The van der Waals surface area contributed by atoms with Crippen molar-refractivity contribution < 1.29 is 27.9 Å². The summed E-state index contributed by atoms with van der Waals surface area (Å²) in [4.78, 5) is 22.7. The van der Waals surface area contributed by atoms with Gasteiger partial charge < -0.3 is 15.2 Å². The minimum absolute atomic E-state index is 0.0710. The molecule has 0 aliphatic carbocycles. The lowest BCUT2D eigenvalue weighted by Crippen LogP contribution is -2.43. The van der Waals surface area contributed by atoms with E-state index in [4.69, 9.17) is 19.8 Å². The van der Waals surface area contributed by atoms with Crippen LogP contribution in [0.2, 0.25) is 0 Å². The second kappa shape index (κ2) is 10.5. The summed E-state index contributed by atoms with van der Waals surface area (Å²) in [7, 11) is -3.50. The molecule has 2 aliphatic rings. The predicted octanol–water partition coefficient (Wildman–Crippen LogP) is 0.0865. The molecule has 3 rings (SSSR count). The predicted molar refractivity (Wildman–Crippen MR) is 103 cm³/mol. The lowest BCUT2D eigenvalue weighted by atomic mass is 10.1. The van der Waals surface area contributed by atoms with E-state index in [0.29, 0.717) is 12.6 Å². The van der Waals surface area contributed by atoms with E-state index in [1.807, 2.05) is 18.2 Å². The monoisotopic (exact) mass is 413 g/mol. The van der Waals surface area contributed by atoms with Gasteiger partial charge in [-0.3, -0.25) is 14.5 Å². The van der Waals surface area contributed by atoms with Gasteiger partial charge >= 0.3 is 0 Å². The van der Waals surface area contributed by atoms with Crippen molar-refractivity contribution in [2.24, 2.45) is 5.14 Å². The number of sulfonamides is 1. The third-order valence-corrected chi connectivity index (χ3v) is 5.64. The highest BCUT2D eigenvalue weighted by Gasteiger charge is 2.38. The van der Waals surface area contributed by atoms with E-state index < -0.39 is 10.0 Å². The molecule has 10 heteroatoms. The number of benzene rings is 1. The second-order valence-corrected chi connectivity index (χ2v) is 8.65. The first-order chi connectivity index (χ1) is 13.3. The van der Waals surface area contributed by atoms with E-state index in [9.17, 15) is 13.2 Å². The Morgan fingerprint density at radius 2 is 2.00 bits per heavy atom. The zero-order valence-corrected chi connectivity index (χ0v) is 16.4. The number of ether oxygens (including phenoxy) is 1. The molecule has 156 valence electrons. The van der Waals surface area contributed by atoms with Gasteiger partial charge in [0.2, 0.25) is 15.9 Å². The summed E-state index contributed by atoms with van der Waals surface area (Å²) in [5.74, 6) is -0.277. The van der Waals surface area contributed by atoms with Crippen LogP contribution in [0.3, 0.4) is 0 Å². The largest absolute Gasteiger partial charge is 0.483 e. The number of primary sulfonamides is 1. The van der Waals surface area contributed by atoms with Crippen molar-refractivity contribution in [2.75, 3.05) is 25.4 Å². The SMILES string of the molecule is NS(=O)(=O)CCCC(=O)N[C@H]1C[C@H]2CO[C@@H](c3ccccc3)CN2C1.O=CO. The van der Waals surface area contributed by atoms with Gasteiger partial charge in [0.1, 0.15) is 0 Å². The molecule has 1 aromatic carbocycles. The molecule has 0 unspecified atom stereocenters. The van der Waals surface area contributed by atoms with Crippen LogP contribution < -0.4 is 10.5 Å². The highest BCUT2D eigenvalue weighted by Crippen LogP contribution is 2.30. The van der Waals surface area contributed by atoms with Gasteiger partial charge in [0, 0.05) is 31.6 Å². The maximum Gasteiger partial charge on any atom is 0.290 e. The molecule has 3 atom stereocenters. The topological polar surface area (TPSA) is 139 Å². The summed E-state index contributed by atoms with van der Waals surface area (Å²) in [5.41, 5.74) is 1.18. The van der Waals surface area contributed by atoms with Crippen LogP contribution in [0, 0.1) is 0 Å². The summed E-state index contributed by atoms with van der Waals surface area (Å²) < 4.78 is 27.8. The molecule has 0 radical (unpaired) electrons. The molecule has 1 amide bonds. The summed E-state index contributed by atoms with van der Waals surface area (Å²) in [6, 6.07) is 10.6. The molecule has 0 aromatic heterocycles. The number of fused-ring (bicyclic) bond motifs is 1. The molecule has 4 N–H and O–H groups in total. The first kappa shape index (κ1) is 22.3. The number of carboxylic acid groups (broad SMARTS) is 1. The maximum absolute atomic E-state index is 12.0. The number of carbonyl (C=O) groups excluding carboxylic acids is 1. The third kappa shape index (κ3) is 7.19. The van der Waals surface area contributed by atoms with Gasteiger partial charge in [0.25, 0.3) is 6.47 Å². The van der Waals surface area contributed by atoms with E-state index >= 15 is 0 Å². The Balaban J connectivity index is 0.000000878. The molecular weight excluding hydrogens is 386 g/mol. The molecule has 1 aromatic rings. The molecule has 2 aliphatic heterocycles.